The zero-order valence-electron chi connectivity index (χ0n) is 25.6. The number of likely N-dealkylation sites (tertiary alicyclic amines) is 1. The Kier molecular flexibility index (Phi) is 8.90. The number of amides is 1. The number of nitrogens with zero attached hydrogens (tertiary/aromatic N) is 3. The molecule has 0 aromatic heterocycles. The Labute approximate surface area is 255 Å². The topological polar surface area (TPSA) is 92.8 Å². The third-order valence-corrected chi connectivity index (χ3v) is 7.79. The highest BCUT2D eigenvalue weighted by Crippen LogP contribution is 2.39. The van der Waals surface area contributed by atoms with Crippen LogP contribution in [0.5, 0.6) is 0 Å². The van der Waals surface area contributed by atoms with Gasteiger partial charge in [-0.25, -0.2) is 22.8 Å². The van der Waals surface area contributed by atoms with Gasteiger partial charge in [0.2, 0.25) is 0 Å². The van der Waals surface area contributed by atoms with E-state index in [-0.39, 0.29) is 36.2 Å². The number of carbonyl (C=O) groups excluding carboxylic acids is 2. The average Bonchev–Trinajstić information content (AvgIpc) is 3.33. The lowest BCUT2D eigenvalue weighted by Crippen LogP contribution is -2.54. The standard InChI is InChI=1S/C31H39F3N4O6/c1-6-41-28(39)20-13-19-14-24(34)27(35-26(19)38(16-20)25-8-7-21(32)15-23(25)33)37-11-9-31(10-12-37)42-18-22(43-31)17-36(5)29(40)44-30(2,3)4/h7-8,14-16,22,26,35H,6,9-13,17-18H2,1-5H3. The fourth-order valence-corrected chi connectivity index (χ4v) is 5.75. The minimum atomic E-state index is -0.853. The van der Waals surface area contributed by atoms with Gasteiger partial charge >= 0.3 is 12.1 Å². The number of piperidine rings is 1. The van der Waals surface area contributed by atoms with E-state index >= 15 is 4.39 Å². The number of allylic oxidation sites excluding steroid dienone is 2. The predicted molar refractivity (Wildman–Crippen MR) is 155 cm³/mol. The number of hydrogen-bond acceptors (Lipinski definition) is 9. The summed E-state index contributed by atoms with van der Waals surface area (Å²) in [6.45, 7) is 8.63. The first-order valence-corrected chi connectivity index (χ1v) is 14.8. The molecule has 4 aliphatic heterocycles. The van der Waals surface area contributed by atoms with Crippen LogP contribution in [0.1, 0.15) is 47.0 Å². The summed E-state index contributed by atoms with van der Waals surface area (Å²) in [5, 5.41) is 3.19. The number of hydrogen-bond donors (Lipinski definition) is 1. The number of nitrogens with one attached hydrogen (secondary N) is 1. The number of halogens is 3. The van der Waals surface area contributed by atoms with Crippen molar-refractivity contribution in [1.29, 1.82) is 0 Å². The molecule has 2 atom stereocenters. The highest BCUT2D eigenvalue weighted by molar-refractivity contribution is 5.90. The van der Waals surface area contributed by atoms with Crippen LogP contribution in [0, 0.1) is 11.6 Å². The molecule has 44 heavy (non-hydrogen) atoms. The van der Waals surface area contributed by atoms with Gasteiger partial charge in [0, 0.05) is 51.7 Å². The molecule has 4 aliphatic rings. The van der Waals surface area contributed by atoms with E-state index in [1.807, 2.05) is 4.90 Å². The molecule has 1 aromatic rings. The van der Waals surface area contributed by atoms with Crippen molar-refractivity contribution in [2.75, 3.05) is 44.8 Å². The molecule has 5 rings (SSSR count). The fraction of sp³-hybridized carbons (Fsp3) is 0.548. The maximum Gasteiger partial charge on any atom is 0.410 e. The highest BCUT2D eigenvalue weighted by atomic mass is 19.1. The number of likely N-dealkylation sites (N-methyl/N-ethyl adjacent to an activating group) is 1. The van der Waals surface area contributed by atoms with Crippen LogP contribution >= 0.6 is 0 Å². The Hall–Kier alpha value is -3.71. The largest absolute Gasteiger partial charge is 0.463 e. The summed E-state index contributed by atoms with van der Waals surface area (Å²) in [5.41, 5.74) is 0.124. The molecular formula is C31H39F3N4O6. The Bertz CT molecular complexity index is 1380. The maximum atomic E-state index is 15.6. The molecule has 10 nitrogen and oxygen atoms in total. The summed E-state index contributed by atoms with van der Waals surface area (Å²) in [5.74, 6) is -3.33. The van der Waals surface area contributed by atoms with Gasteiger partial charge in [0.1, 0.15) is 35.3 Å². The van der Waals surface area contributed by atoms with Gasteiger partial charge in [-0.2, -0.15) is 0 Å². The van der Waals surface area contributed by atoms with Crippen LogP contribution in [-0.4, -0.2) is 85.4 Å². The Morgan fingerprint density at radius 1 is 1.18 bits per heavy atom. The van der Waals surface area contributed by atoms with Crippen LogP contribution in [0.4, 0.5) is 23.7 Å². The van der Waals surface area contributed by atoms with Crippen molar-refractivity contribution in [2.45, 2.75) is 70.6 Å². The molecule has 240 valence electrons. The van der Waals surface area contributed by atoms with Crippen molar-refractivity contribution < 1.29 is 41.7 Å². The zero-order chi connectivity index (χ0) is 31.8. The van der Waals surface area contributed by atoms with E-state index in [1.54, 1.807) is 34.7 Å². The second-order valence-corrected chi connectivity index (χ2v) is 12.3. The summed E-state index contributed by atoms with van der Waals surface area (Å²) in [4.78, 5) is 29.7. The van der Waals surface area contributed by atoms with Crippen LogP contribution in [-0.2, 0) is 23.7 Å². The molecule has 1 aromatic carbocycles. The van der Waals surface area contributed by atoms with Crippen LogP contribution in [0.2, 0.25) is 0 Å². The summed E-state index contributed by atoms with van der Waals surface area (Å²) < 4.78 is 67.2. The normalized spacial score (nSPS) is 23.1. The Morgan fingerprint density at radius 3 is 2.57 bits per heavy atom. The number of dihydropyridines is 1. The Morgan fingerprint density at radius 2 is 1.91 bits per heavy atom. The lowest BCUT2D eigenvalue weighted by atomic mass is 9.95. The van der Waals surface area contributed by atoms with Gasteiger partial charge in [-0.1, -0.05) is 0 Å². The third kappa shape index (κ3) is 6.83. The summed E-state index contributed by atoms with van der Waals surface area (Å²) in [7, 11) is 1.65. The first-order chi connectivity index (χ1) is 20.8. The number of ether oxygens (including phenoxy) is 4. The second-order valence-electron chi connectivity index (χ2n) is 12.3. The summed E-state index contributed by atoms with van der Waals surface area (Å²) >= 11 is 0. The molecule has 0 radical (unpaired) electrons. The van der Waals surface area contributed by atoms with Crippen LogP contribution < -0.4 is 10.2 Å². The molecule has 0 bridgehead atoms. The van der Waals surface area contributed by atoms with E-state index in [2.05, 4.69) is 5.32 Å². The van der Waals surface area contributed by atoms with Crippen LogP contribution in [0.3, 0.4) is 0 Å². The number of fused-ring (bicyclic) bond motifs is 1. The van der Waals surface area contributed by atoms with E-state index in [0.717, 1.165) is 12.1 Å². The number of carbonyl (C=O) groups is 2. The first-order valence-electron chi connectivity index (χ1n) is 14.8. The third-order valence-electron chi connectivity index (χ3n) is 7.79. The first kappa shape index (κ1) is 31.7. The molecule has 2 fully saturated rings. The van der Waals surface area contributed by atoms with Crippen molar-refractivity contribution in [3.63, 3.8) is 0 Å². The van der Waals surface area contributed by atoms with E-state index in [0.29, 0.717) is 44.7 Å². The van der Waals surface area contributed by atoms with E-state index in [1.165, 1.54) is 28.1 Å². The molecule has 13 heteroatoms. The molecule has 2 saturated heterocycles. The summed E-state index contributed by atoms with van der Waals surface area (Å²) in [6, 6.07) is 3.16. The number of esters is 1. The van der Waals surface area contributed by atoms with Crippen LogP contribution in [0.15, 0.2) is 53.3 Å². The monoisotopic (exact) mass is 620 g/mol. The molecule has 1 amide bonds. The van der Waals surface area contributed by atoms with Crippen molar-refractivity contribution in [2.24, 2.45) is 0 Å². The van der Waals surface area contributed by atoms with Gasteiger partial charge in [0.15, 0.2) is 11.6 Å². The molecule has 1 N–H and O–H groups in total. The zero-order valence-corrected chi connectivity index (χ0v) is 25.6. The van der Waals surface area contributed by atoms with Gasteiger partial charge in [0.25, 0.3) is 0 Å². The van der Waals surface area contributed by atoms with Crippen molar-refractivity contribution in [3.05, 3.63) is 64.9 Å². The van der Waals surface area contributed by atoms with E-state index in [9.17, 15) is 18.4 Å². The summed E-state index contributed by atoms with van der Waals surface area (Å²) in [6.07, 6.45) is 2.29. The van der Waals surface area contributed by atoms with Crippen molar-refractivity contribution in [3.8, 4) is 0 Å². The number of anilines is 1. The van der Waals surface area contributed by atoms with Crippen molar-refractivity contribution >= 4 is 17.7 Å². The number of rotatable bonds is 6. The fourth-order valence-electron chi connectivity index (χ4n) is 5.75. The number of benzene rings is 1. The van der Waals surface area contributed by atoms with Gasteiger partial charge in [0.05, 0.1) is 31.0 Å². The minimum absolute atomic E-state index is 0.0192. The van der Waals surface area contributed by atoms with Gasteiger partial charge in [-0.3, -0.25) is 0 Å². The van der Waals surface area contributed by atoms with E-state index in [4.69, 9.17) is 18.9 Å². The van der Waals surface area contributed by atoms with Crippen molar-refractivity contribution in [1.82, 2.24) is 15.1 Å². The second kappa shape index (κ2) is 12.4. The van der Waals surface area contributed by atoms with Gasteiger partial charge in [-0.05, 0) is 51.5 Å². The molecule has 0 saturated carbocycles. The SMILES string of the molecule is CCOC(=O)C1=CN(c2ccc(F)cc2F)C2NC(N3CCC4(CC3)OCC(CN(C)C(=O)OC(C)(C)C)O4)=C(F)C=C2C1. The van der Waals surface area contributed by atoms with Gasteiger partial charge in [-0.15, -0.1) is 0 Å². The van der Waals surface area contributed by atoms with E-state index < -0.39 is 47.1 Å². The van der Waals surface area contributed by atoms with Crippen LogP contribution in [0.25, 0.3) is 0 Å². The smallest absolute Gasteiger partial charge is 0.410 e. The minimum Gasteiger partial charge on any atom is -0.463 e. The predicted octanol–water partition coefficient (Wildman–Crippen LogP) is 4.69. The molecule has 0 aliphatic carbocycles. The maximum absolute atomic E-state index is 15.6. The molecule has 4 heterocycles. The average molecular weight is 621 g/mol. The molecular weight excluding hydrogens is 581 g/mol. The quantitative estimate of drug-likeness (QED) is 0.455. The molecule has 1 spiro atoms. The molecule has 2 unspecified atom stereocenters. The van der Waals surface area contributed by atoms with Gasteiger partial charge < -0.3 is 39.0 Å². The lowest BCUT2D eigenvalue weighted by molar-refractivity contribution is -0.194. The Balaban J connectivity index is 1.28. The highest BCUT2D eigenvalue weighted by Gasteiger charge is 2.46. The lowest BCUT2D eigenvalue weighted by Gasteiger charge is -2.45.